The van der Waals surface area contributed by atoms with Crippen LogP contribution in [0.5, 0.6) is 5.75 Å². The third-order valence-corrected chi connectivity index (χ3v) is 12.3. The van der Waals surface area contributed by atoms with Gasteiger partial charge in [-0.15, -0.1) is 0 Å². The van der Waals surface area contributed by atoms with Crippen LogP contribution in [-0.4, -0.2) is 107 Å². The summed E-state index contributed by atoms with van der Waals surface area (Å²) in [6.45, 7) is 5.54. The van der Waals surface area contributed by atoms with Gasteiger partial charge < -0.3 is 19.4 Å². The highest BCUT2D eigenvalue weighted by molar-refractivity contribution is 6.23. The fourth-order valence-corrected chi connectivity index (χ4v) is 9.15. The number of nitro groups is 1. The van der Waals surface area contributed by atoms with Gasteiger partial charge in [-0.05, 0) is 81.6 Å². The molecule has 15 nitrogen and oxygen atoms in total. The number of ether oxygens (including phenoxy) is 1. The van der Waals surface area contributed by atoms with Gasteiger partial charge in [-0.25, -0.2) is 0 Å². The normalized spacial score (nSPS) is 22.4. The van der Waals surface area contributed by atoms with Gasteiger partial charge in [0.25, 0.3) is 11.8 Å². The first-order valence-electron chi connectivity index (χ1n) is 18.5. The molecule has 0 bridgehead atoms. The first-order valence-corrected chi connectivity index (χ1v) is 18.5. The summed E-state index contributed by atoms with van der Waals surface area (Å²) in [4.78, 5) is 70.4. The molecule has 53 heavy (non-hydrogen) atoms. The van der Waals surface area contributed by atoms with E-state index >= 15 is 0 Å². The molecule has 5 aliphatic heterocycles. The fraction of sp³-hybridized carbons (Fsp3) is 0.500. The van der Waals surface area contributed by atoms with Crippen LogP contribution in [0, 0.1) is 15.5 Å². The van der Waals surface area contributed by atoms with Crippen molar-refractivity contribution in [2.24, 2.45) is 12.5 Å². The number of piperidine rings is 4. The molecule has 5 aliphatic rings. The molecular formula is C38H44N8O7. The first-order chi connectivity index (χ1) is 25.5. The number of imide groups is 2. The molecule has 278 valence electrons. The third-order valence-electron chi connectivity index (χ3n) is 12.3. The number of nitrogens with one attached hydrogen (secondary N) is 1. The van der Waals surface area contributed by atoms with Crippen molar-refractivity contribution in [2.45, 2.75) is 63.5 Å². The summed E-state index contributed by atoms with van der Waals surface area (Å²) in [6.07, 6.45) is 10.3. The van der Waals surface area contributed by atoms with Gasteiger partial charge in [-0.1, -0.05) is 0 Å². The molecule has 1 unspecified atom stereocenters. The quantitative estimate of drug-likeness (QED) is 0.215. The van der Waals surface area contributed by atoms with Gasteiger partial charge in [0, 0.05) is 86.5 Å². The number of amides is 4. The maximum Gasteiger partial charge on any atom is 0.311 e. The number of fused-ring (bicyclic) bond motifs is 1. The summed E-state index contributed by atoms with van der Waals surface area (Å²) in [5.41, 5.74) is 4.29. The van der Waals surface area contributed by atoms with E-state index in [4.69, 9.17) is 4.74 Å². The second kappa shape index (κ2) is 13.6. The SMILES string of the molecule is COc1cc(N2CCC(N3CCC4(CCN(c5ccc6c(c5)C(=O)N(C5CCC(=O)NC5=O)C6=O)CC4)CC3)CC2)c(-c2cnn(C)c2)cc1[N+](=O)[O-]. The molecule has 8 rings (SSSR count). The molecule has 1 spiro atoms. The number of aromatic nitrogens is 2. The molecule has 2 aromatic carbocycles. The lowest BCUT2D eigenvalue weighted by Crippen LogP contribution is -2.54. The number of anilines is 2. The van der Waals surface area contributed by atoms with Crippen molar-refractivity contribution in [2.75, 3.05) is 56.2 Å². The lowest BCUT2D eigenvalue weighted by Gasteiger charge is -2.50. The number of nitrogens with zero attached hydrogens (tertiary/aromatic N) is 7. The zero-order chi connectivity index (χ0) is 37.0. The van der Waals surface area contributed by atoms with Gasteiger partial charge in [-0.2, -0.15) is 5.10 Å². The Kier molecular flexibility index (Phi) is 8.91. The molecule has 4 amide bonds. The summed E-state index contributed by atoms with van der Waals surface area (Å²) in [6, 6.07) is 8.31. The number of carbonyl (C=O) groups excluding carboxylic acids is 4. The molecule has 0 saturated carbocycles. The molecule has 1 aromatic heterocycles. The Balaban J connectivity index is 0.868. The van der Waals surface area contributed by atoms with Gasteiger partial charge in [0.2, 0.25) is 11.8 Å². The average molecular weight is 725 g/mol. The molecule has 0 aliphatic carbocycles. The largest absolute Gasteiger partial charge is 0.490 e. The molecule has 1 atom stereocenters. The van der Waals surface area contributed by atoms with E-state index in [0.29, 0.717) is 17.2 Å². The highest BCUT2D eigenvalue weighted by atomic mass is 16.6. The number of hydrogen-bond acceptors (Lipinski definition) is 11. The van der Waals surface area contributed by atoms with Crippen LogP contribution in [0.4, 0.5) is 17.1 Å². The van der Waals surface area contributed by atoms with E-state index in [-0.39, 0.29) is 29.7 Å². The van der Waals surface area contributed by atoms with Crippen LogP contribution in [0.3, 0.4) is 0 Å². The third kappa shape index (κ3) is 6.30. The molecule has 4 saturated heterocycles. The van der Waals surface area contributed by atoms with Crippen molar-refractivity contribution in [3.05, 3.63) is 64.0 Å². The van der Waals surface area contributed by atoms with Crippen molar-refractivity contribution in [3.63, 3.8) is 0 Å². The highest BCUT2D eigenvalue weighted by Crippen LogP contribution is 2.45. The minimum atomic E-state index is -0.971. The van der Waals surface area contributed by atoms with Crippen LogP contribution in [0.2, 0.25) is 0 Å². The summed E-state index contributed by atoms with van der Waals surface area (Å²) < 4.78 is 7.15. The van der Waals surface area contributed by atoms with Crippen LogP contribution in [0.25, 0.3) is 11.1 Å². The predicted octanol–water partition coefficient (Wildman–Crippen LogP) is 3.76. The van der Waals surface area contributed by atoms with Crippen LogP contribution in [0.15, 0.2) is 42.7 Å². The first kappa shape index (κ1) is 34.8. The van der Waals surface area contributed by atoms with Gasteiger partial charge in [-0.3, -0.25) is 44.2 Å². The monoisotopic (exact) mass is 724 g/mol. The standard InChI is InChI=1S/C38H44N8O7/c1-41-23-24(22-39-41)28-20-32(46(51)52)33(53-2)21-31(28)44-13-7-25(8-14-44)42-15-9-38(10-16-42)11-17-43(18-12-38)26-3-4-27-29(19-26)37(50)45(36(27)49)30-5-6-34(47)40-35(30)48/h3-4,19-23,25,30H,5-18H2,1-2H3,(H,40,47,48). The molecule has 1 N–H and O–H groups in total. The van der Waals surface area contributed by atoms with Crippen molar-refractivity contribution < 1.29 is 28.8 Å². The predicted molar refractivity (Wildman–Crippen MR) is 195 cm³/mol. The number of likely N-dealkylation sites (tertiary alicyclic amines) is 1. The summed E-state index contributed by atoms with van der Waals surface area (Å²) in [5.74, 6) is -1.70. The van der Waals surface area contributed by atoms with Crippen molar-refractivity contribution in [3.8, 4) is 16.9 Å². The van der Waals surface area contributed by atoms with Crippen molar-refractivity contribution >= 4 is 40.7 Å². The fourth-order valence-electron chi connectivity index (χ4n) is 9.15. The topological polar surface area (TPSA) is 163 Å². The molecule has 0 radical (unpaired) electrons. The number of benzene rings is 2. The minimum Gasteiger partial charge on any atom is -0.490 e. The Labute approximate surface area is 307 Å². The number of hydrogen-bond donors (Lipinski definition) is 1. The Morgan fingerprint density at radius 1 is 0.868 bits per heavy atom. The van der Waals surface area contributed by atoms with Crippen LogP contribution < -0.4 is 19.9 Å². The van der Waals surface area contributed by atoms with E-state index in [1.807, 2.05) is 19.3 Å². The lowest BCUT2D eigenvalue weighted by molar-refractivity contribution is -0.385. The smallest absolute Gasteiger partial charge is 0.311 e. The number of aryl methyl sites for hydroxylation is 1. The van der Waals surface area contributed by atoms with Gasteiger partial charge >= 0.3 is 5.69 Å². The van der Waals surface area contributed by atoms with E-state index in [1.54, 1.807) is 35.1 Å². The van der Waals surface area contributed by atoms with Crippen LogP contribution in [0.1, 0.15) is 72.1 Å². The molecule has 6 heterocycles. The molecule has 15 heteroatoms. The zero-order valence-electron chi connectivity index (χ0n) is 30.1. The zero-order valence-corrected chi connectivity index (χ0v) is 30.1. The lowest BCUT2D eigenvalue weighted by atomic mass is 9.71. The minimum absolute atomic E-state index is 0.0599. The van der Waals surface area contributed by atoms with E-state index in [0.717, 1.165) is 105 Å². The van der Waals surface area contributed by atoms with E-state index in [9.17, 15) is 29.3 Å². The maximum atomic E-state index is 13.4. The van der Waals surface area contributed by atoms with Gasteiger partial charge in [0.05, 0.1) is 29.4 Å². The Morgan fingerprint density at radius 3 is 2.21 bits per heavy atom. The van der Waals surface area contributed by atoms with Gasteiger partial charge in [0.15, 0.2) is 5.75 Å². The number of rotatable bonds is 7. The van der Waals surface area contributed by atoms with Crippen molar-refractivity contribution in [1.29, 1.82) is 0 Å². The van der Waals surface area contributed by atoms with Gasteiger partial charge in [0.1, 0.15) is 6.04 Å². The average Bonchev–Trinajstić information content (AvgIpc) is 3.71. The second-order valence-corrected chi connectivity index (χ2v) is 15.1. The Morgan fingerprint density at radius 2 is 1.57 bits per heavy atom. The number of methoxy groups -OCH3 is 1. The Hall–Kier alpha value is -5.31. The number of carbonyl (C=O) groups is 4. The van der Waals surface area contributed by atoms with Crippen molar-refractivity contribution in [1.82, 2.24) is 24.9 Å². The van der Waals surface area contributed by atoms with E-state index in [1.165, 1.54) is 7.11 Å². The summed E-state index contributed by atoms with van der Waals surface area (Å²) in [5, 5.41) is 18.4. The number of nitro benzene ring substituents is 1. The van der Waals surface area contributed by atoms with Crippen LogP contribution in [-0.2, 0) is 16.6 Å². The molecule has 4 fully saturated rings. The molecule has 3 aromatic rings. The van der Waals surface area contributed by atoms with Crippen LogP contribution >= 0.6 is 0 Å². The highest BCUT2D eigenvalue weighted by Gasteiger charge is 2.45. The van der Waals surface area contributed by atoms with E-state index < -0.39 is 34.6 Å². The Bertz CT molecular complexity index is 1990. The maximum absolute atomic E-state index is 13.4. The second-order valence-electron chi connectivity index (χ2n) is 15.1. The summed E-state index contributed by atoms with van der Waals surface area (Å²) in [7, 11) is 3.30. The summed E-state index contributed by atoms with van der Waals surface area (Å²) >= 11 is 0. The molecular weight excluding hydrogens is 680 g/mol. The van der Waals surface area contributed by atoms with E-state index in [2.05, 4.69) is 25.1 Å².